The number of nitrogens with zero attached hydrogens (tertiary/aromatic N) is 3. The monoisotopic (exact) mass is 244 g/mol. The molecule has 0 saturated heterocycles. The summed E-state index contributed by atoms with van der Waals surface area (Å²) in [7, 11) is 0. The molecule has 3 rings (SSSR count). The number of rotatable bonds is 4. The third kappa shape index (κ3) is 2.09. The normalized spacial score (nSPS) is 14.9. The van der Waals surface area contributed by atoms with Gasteiger partial charge >= 0.3 is 0 Å². The molecule has 5 nitrogen and oxygen atoms in total. The Hall–Kier alpha value is -1.88. The predicted octanol–water partition coefficient (Wildman–Crippen LogP) is 1.37. The number of aromatic hydroxyl groups is 1. The fourth-order valence-corrected chi connectivity index (χ4v) is 2.20. The number of benzene rings is 1. The van der Waals surface area contributed by atoms with Crippen LogP contribution in [0.5, 0.6) is 5.75 Å². The molecule has 1 saturated carbocycles. The van der Waals surface area contributed by atoms with Gasteiger partial charge in [0.15, 0.2) is 0 Å². The first-order valence-electron chi connectivity index (χ1n) is 6.18. The molecule has 1 aromatic heterocycles. The Bertz CT molecular complexity index is 543. The largest absolute Gasteiger partial charge is 0.508 e. The van der Waals surface area contributed by atoms with Crippen molar-refractivity contribution in [3.63, 3.8) is 0 Å². The van der Waals surface area contributed by atoms with Gasteiger partial charge in [-0.2, -0.15) is 0 Å². The minimum absolute atomic E-state index is 0.280. The van der Waals surface area contributed by atoms with Crippen LogP contribution in [-0.4, -0.2) is 20.1 Å². The lowest BCUT2D eigenvalue weighted by Crippen LogP contribution is -2.08. The van der Waals surface area contributed by atoms with Crippen LogP contribution >= 0.6 is 0 Å². The number of aromatic nitrogens is 3. The fraction of sp³-hybridized carbons (Fsp3) is 0.385. The minimum Gasteiger partial charge on any atom is -0.508 e. The zero-order chi connectivity index (χ0) is 12.5. The van der Waals surface area contributed by atoms with E-state index in [1.807, 2.05) is 16.8 Å². The maximum atomic E-state index is 9.27. The first kappa shape index (κ1) is 11.2. The topological polar surface area (TPSA) is 77.0 Å². The van der Waals surface area contributed by atoms with Crippen molar-refractivity contribution in [2.75, 3.05) is 0 Å². The highest BCUT2D eigenvalue weighted by atomic mass is 16.3. The van der Waals surface area contributed by atoms with E-state index in [1.165, 1.54) is 18.5 Å². The zero-order valence-corrected chi connectivity index (χ0v) is 10.1. The number of hydrogen-bond acceptors (Lipinski definition) is 4. The second kappa shape index (κ2) is 4.42. The summed E-state index contributed by atoms with van der Waals surface area (Å²) < 4.78 is 1.94. The maximum Gasteiger partial charge on any atom is 0.115 e. The summed E-state index contributed by atoms with van der Waals surface area (Å²) in [5.74, 6) is 0.859. The Balaban J connectivity index is 1.88. The number of hydrogen-bond donors (Lipinski definition) is 2. The molecule has 0 amide bonds. The highest BCUT2D eigenvalue weighted by Gasteiger charge is 2.30. The van der Waals surface area contributed by atoms with Gasteiger partial charge < -0.3 is 10.8 Å². The van der Waals surface area contributed by atoms with Gasteiger partial charge in [0, 0.05) is 12.5 Å². The van der Waals surface area contributed by atoms with Crippen molar-refractivity contribution in [2.24, 2.45) is 5.73 Å². The van der Waals surface area contributed by atoms with Crippen molar-refractivity contribution in [1.82, 2.24) is 15.0 Å². The van der Waals surface area contributed by atoms with Gasteiger partial charge in [0.05, 0.1) is 17.9 Å². The van der Waals surface area contributed by atoms with E-state index in [4.69, 9.17) is 5.73 Å². The third-order valence-electron chi connectivity index (χ3n) is 3.27. The van der Waals surface area contributed by atoms with Gasteiger partial charge in [-0.3, -0.25) is 0 Å². The van der Waals surface area contributed by atoms with Crippen LogP contribution in [0.3, 0.4) is 0 Å². The highest BCUT2D eigenvalue weighted by molar-refractivity contribution is 5.27. The van der Waals surface area contributed by atoms with Gasteiger partial charge in [0.2, 0.25) is 0 Å². The lowest BCUT2D eigenvalue weighted by atomic mass is 10.2. The van der Waals surface area contributed by atoms with Crippen molar-refractivity contribution < 1.29 is 5.11 Å². The van der Waals surface area contributed by atoms with Gasteiger partial charge in [0.25, 0.3) is 0 Å². The molecule has 2 aromatic rings. The van der Waals surface area contributed by atoms with Gasteiger partial charge in [-0.15, -0.1) is 5.10 Å². The van der Waals surface area contributed by atoms with Crippen LogP contribution in [-0.2, 0) is 13.1 Å². The average molecular weight is 244 g/mol. The molecule has 0 spiro atoms. The van der Waals surface area contributed by atoms with Crippen molar-refractivity contribution in [2.45, 2.75) is 31.8 Å². The van der Waals surface area contributed by atoms with Crippen LogP contribution in [0.2, 0.25) is 0 Å². The first-order valence-corrected chi connectivity index (χ1v) is 6.18. The summed E-state index contributed by atoms with van der Waals surface area (Å²) in [6.07, 6.45) is 2.41. The summed E-state index contributed by atoms with van der Waals surface area (Å²) in [5, 5.41) is 17.6. The summed E-state index contributed by atoms with van der Waals surface area (Å²) in [6, 6.07) is 7.17. The molecular formula is C13H16N4O. The molecule has 0 unspecified atom stereocenters. The van der Waals surface area contributed by atoms with Gasteiger partial charge in [0.1, 0.15) is 5.75 Å². The molecule has 1 heterocycles. The van der Waals surface area contributed by atoms with E-state index < -0.39 is 0 Å². The van der Waals surface area contributed by atoms with E-state index in [0.29, 0.717) is 19.0 Å². The van der Waals surface area contributed by atoms with E-state index in [2.05, 4.69) is 10.3 Å². The molecular weight excluding hydrogens is 228 g/mol. The molecule has 1 aromatic carbocycles. The van der Waals surface area contributed by atoms with E-state index >= 15 is 0 Å². The molecule has 1 fully saturated rings. The first-order chi connectivity index (χ1) is 8.78. The SMILES string of the molecule is NCc1nnn(Cc2ccc(O)cc2)c1C1CC1. The maximum absolute atomic E-state index is 9.27. The summed E-state index contributed by atoms with van der Waals surface area (Å²) in [6.45, 7) is 1.13. The highest BCUT2D eigenvalue weighted by Crippen LogP contribution is 2.41. The quantitative estimate of drug-likeness (QED) is 0.851. The lowest BCUT2D eigenvalue weighted by molar-refractivity contribution is 0.475. The molecule has 0 atom stereocenters. The Kier molecular flexibility index (Phi) is 2.76. The van der Waals surface area contributed by atoms with E-state index in [9.17, 15) is 5.11 Å². The Morgan fingerprint density at radius 2 is 2.00 bits per heavy atom. The van der Waals surface area contributed by atoms with Gasteiger partial charge in [-0.1, -0.05) is 17.3 Å². The molecule has 94 valence electrons. The second-order valence-electron chi connectivity index (χ2n) is 4.72. The number of nitrogens with two attached hydrogens (primary N) is 1. The molecule has 0 bridgehead atoms. The van der Waals surface area contributed by atoms with Crippen molar-refractivity contribution in [3.8, 4) is 5.75 Å². The zero-order valence-electron chi connectivity index (χ0n) is 10.1. The standard InChI is InChI=1S/C13H16N4O/c14-7-12-13(10-3-4-10)17(16-15-12)8-9-1-5-11(18)6-2-9/h1-2,5-6,10,18H,3-4,7-8,14H2. The van der Waals surface area contributed by atoms with Crippen LogP contribution in [0.1, 0.15) is 35.7 Å². The van der Waals surface area contributed by atoms with E-state index in [-0.39, 0.29) is 5.75 Å². The van der Waals surface area contributed by atoms with Gasteiger partial charge in [-0.25, -0.2) is 4.68 Å². The average Bonchev–Trinajstić information content (AvgIpc) is 3.14. The van der Waals surface area contributed by atoms with Crippen LogP contribution in [0.15, 0.2) is 24.3 Å². The molecule has 18 heavy (non-hydrogen) atoms. The third-order valence-corrected chi connectivity index (χ3v) is 3.27. The van der Waals surface area contributed by atoms with E-state index in [0.717, 1.165) is 11.3 Å². The van der Waals surface area contributed by atoms with Crippen LogP contribution in [0.25, 0.3) is 0 Å². The molecule has 0 aliphatic heterocycles. The van der Waals surface area contributed by atoms with Gasteiger partial charge in [-0.05, 0) is 30.5 Å². The van der Waals surface area contributed by atoms with Crippen molar-refractivity contribution in [1.29, 1.82) is 0 Å². The molecule has 1 aliphatic rings. The number of phenolic OH excluding ortho intramolecular Hbond substituents is 1. The molecule has 0 radical (unpaired) electrons. The predicted molar refractivity (Wildman–Crippen MR) is 67.1 cm³/mol. The minimum atomic E-state index is 0.280. The smallest absolute Gasteiger partial charge is 0.115 e. The second-order valence-corrected chi connectivity index (χ2v) is 4.72. The molecule has 3 N–H and O–H groups in total. The summed E-state index contributed by atoms with van der Waals surface area (Å²) >= 11 is 0. The summed E-state index contributed by atoms with van der Waals surface area (Å²) in [5.41, 5.74) is 8.89. The van der Waals surface area contributed by atoms with Crippen molar-refractivity contribution in [3.05, 3.63) is 41.2 Å². The van der Waals surface area contributed by atoms with E-state index in [1.54, 1.807) is 12.1 Å². The van der Waals surface area contributed by atoms with Crippen molar-refractivity contribution >= 4 is 0 Å². The van der Waals surface area contributed by atoms with Crippen LogP contribution in [0.4, 0.5) is 0 Å². The lowest BCUT2D eigenvalue weighted by Gasteiger charge is -2.06. The Morgan fingerprint density at radius 1 is 1.28 bits per heavy atom. The number of phenols is 1. The molecule has 1 aliphatic carbocycles. The molecule has 5 heteroatoms. The fourth-order valence-electron chi connectivity index (χ4n) is 2.20. The summed E-state index contributed by atoms with van der Waals surface area (Å²) in [4.78, 5) is 0. The Labute approximate surface area is 105 Å². The van der Waals surface area contributed by atoms with Crippen LogP contribution < -0.4 is 5.73 Å². The van der Waals surface area contributed by atoms with Crippen LogP contribution in [0, 0.1) is 0 Å². The Morgan fingerprint density at radius 3 is 2.61 bits per heavy atom.